The third-order valence-corrected chi connectivity index (χ3v) is 7.87. The summed E-state index contributed by atoms with van der Waals surface area (Å²) in [5, 5.41) is 24.0. The van der Waals surface area contributed by atoms with Crippen LogP contribution in [0.4, 0.5) is 17.1 Å². The zero-order chi connectivity index (χ0) is 26.3. The molecule has 4 rings (SSSR count). The molecular formula is C30H43ClN2O3. The van der Waals surface area contributed by atoms with Crippen LogP contribution in [0.5, 0.6) is 0 Å². The number of aliphatic hydroxyl groups is 1. The molecule has 36 heavy (non-hydrogen) atoms. The molecule has 0 aromatic heterocycles. The lowest BCUT2D eigenvalue weighted by Crippen LogP contribution is -2.42. The molecule has 2 aliphatic rings. The van der Waals surface area contributed by atoms with Gasteiger partial charge in [0.25, 0.3) is 0 Å². The van der Waals surface area contributed by atoms with E-state index >= 15 is 0 Å². The summed E-state index contributed by atoms with van der Waals surface area (Å²) in [4.78, 5) is 13.8. The molecule has 2 aromatic carbocycles. The number of carboxylic acids is 1. The van der Waals surface area contributed by atoms with Crippen molar-refractivity contribution in [3.63, 3.8) is 0 Å². The largest absolute Gasteiger partial charge is 0.481 e. The average molecular weight is 515 g/mol. The highest BCUT2D eigenvalue weighted by Gasteiger charge is 2.32. The van der Waals surface area contributed by atoms with E-state index in [4.69, 9.17) is 11.6 Å². The third-order valence-electron chi connectivity index (χ3n) is 7.62. The monoisotopic (exact) mass is 514 g/mol. The second-order valence-electron chi connectivity index (χ2n) is 11.2. The first-order valence-corrected chi connectivity index (χ1v) is 13.8. The maximum Gasteiger partial charge on any atom is 0.304 e. The molecule has 2 aromatic rings. The van der Waals surface area contributed by atoms with Gasteiger partial charge in [0.2, 0.25) is 0 Å². The standard InChI is InChI=1S/C26H35ClN2O3.C4H8/c1-5-29(21-12-14-26(4,32)15-13-21)23-11-6-18(25(2,3)17-24(30)31)16-22(23)28-20-9-7-19(27)8-10-20;1-2-4-3-1/h6-11,16,21,28,32H,5,12-15,17H2,1-4H3,(H,30,31);1-4H2. The second kappa shape index (κ2) is 12.3. The lowest BCUT2D eigenvalue weighted by Gasteiger charge is -2.41. The van der Waals surface area contributed by atoms with Crippen LogP contribution in [-0.2, 0) is 10.2 Å². The van der Waals surface area contributed by atoms with Crippen molar-refractivity contribution in [2.75, 3.05) is 16.8 Å². The molecule has 2 saturated carbocycles. The van der Waals surface area contributed by atoms with E-state index in [0.29, 0.717) is 11.1 Å². The predicted molar refractivity (Wildman–Crippen MR) is 151 cm³/mol. The third kappa shape index (κ3) is 7.88. The van der Waals surface area contributed by atoms with Gasteiger partial charge < -0.3 is 20.4 Å². The van der Waals surface area contributed by atoms with Gasteiger partial charge in [0.1, 0.15) is 0 Å². The fourth-order valence-electron chi connectivity index (χ4n) is 4.89. The summed E-state index contributed by atoms with van der Waals surface area (Å²) in [7, 11) is 0. The van der Waals surface area contributed by atoms with Crippen molar-refractivity contribution < 1.29 is 15.0 Å². The van der Waals surface area contributed by atoms with Gasteiger partial charge in [-0.3, -0.25) is 4.79 Å². The maximum absolute atomic E-state index is 11.4. The average Bonchev–Trinajstić information content (AvgIpc) is 2.75. The molecule has 2 aliphatic carbocycles. The van der Waals surface area contributed by atoms with Gasteiger partial charge in [0.15, 0.2) is 0 Å². The predicted octanol–water partition coefficient (Wildman–Crippen LogP) is 7.92. The SMILES string of the molecule is C1CCC1.CCN(c1ccc(C(C)(C)CC(=O)O)cc1Nc1ccc(Cl)cc1)C1CCC(C)(O)CC1. The first kappa shape index (κ1) is 28.3. The quantitative estimate of drug-likeness (QED) is 0.333. The fraction of sp³-hybridized carbons (Fsp3) is 0.567. The number of rotatable bonds is 8. The van der Waals surface area contributed by atoms with Crippen LogP contribution in [0.1, 0.15) is 91.0 Å². The van der Waals surface area contributed by atoms with Crippen LogP contribution in [0.25, 0.3) is 0 Å². The van der Waals surface area contributed by atoms with Gasteiger partial charge in [-0.25, -0.2) is 0 Å². The molecule has 0 heterocycles. The molecule has 0 aliphatic heterocycles. The summed E-state index contributed by atoms with van der Waals surface area (Å²) >= 11 is 6.06. The van der Waals surface area contributed by atoms with E-state index in [1.165, 1.54) is 25.7 Å². The van der Waals surface area contributed by atoms with Gasteiger partial charge in [-0.2, -0.15) is 0 Å². The summed E-state index contributed by atoms with van der Waals surface area (Å²) in [6.07, 6.45) is 9.51. The van der Waals surface area contributed by atoms with Crippen molar-refractivity contribution >= 4 is 34.6 Å². The van der Waals surface area contributed by atoms with Crippen molar-refractivity contribution in [2.45, 2.75) is 103 Å². The van der Waals surface area contributed by atoms with Crippen LogP contribution < -0.4 is 10.2 Å². The molecule has 0 unspecified atom stereocenters. The Hall–Kier alpha value is -2.24. The number of hydrogen-bond donors (Lipinski definition) is 3. The molecular weight excluding hydrogens is 472 g/mol. The number of anilines is 3. The molecule has 0 saturated heterocycles. The van der Waals surface area contributed by atoms with E-state index < -0.39 is 17.0 Å². The van der Waals surface area contributed by atoms with E-state index in [1.807, 2.05) is 51.1 Å². The molecule has 0 spiro atoms. The van der Waals surface area contributed by atoms with E-state index in [-0.39, 0.29) is 6.42 Å². The molecule has 0 amide bonds. The summed E-state index contributed by atoms with van der Waals surface area (Å²) < 4.78 is 0. The zero-order valence-electron chi connectivity index (χ0n) is 22.3. The summed E-state index contributed by atoms with van der Waals surface area (Å²) in [6, 6.07) is 14.2. The Morgan fingerprint density at radius 1 is 1.08 bits per heavy atom. The lowest BCUT2D eigenvalue weighted by atomic mass is 9.80. The minimum absolute atomic E-state index is 0.0575. The number of carboxylic acid groups (broad SMARTS) is 1. The van der Waals surface area contributed by atoms with Crippen molar-refractivity contribution in [3.05, 3.63) is 53.1 Å². The van der Waals surface area contributed by atoms with Crippen molar-refractivity contribution in [2.24, 2.45) is 0 Å². The number of hydrogen-bond acceptors (Lipinski definition) is 4. The Balaban J connectivity index is 0.000000819. The topological polar surface area (TPSA) is 72.8 Å². The summed E-state index contributed by atoms with van der Waals surface area (Å²) in [6.45, 7) is 8.85. The number of carbonyl (C=O) groups is 1. The summed E-state index contributed by atoms with van der Waals surface area (Å²) in [5.41, 5.74) is 2.85. The Kier molecular flexibility index (Phi) is 9.71. The first-order chi connectivity index (χ1) is 17.0. The number of nitrogens with zero attached hydrogens (tertiary/aromatic N) is 1. The van der Waals surface area contributed by atoms with E-state index in [9.17, 15) is 15.0 Å². The number of aliphatic carboxylic acids is 1. The molecule has 3 N–H and O–H groups in total. The molecule has 6 heteroatoms. The molecule has 0 bridgehead atoms. The fourth-order valence-corrected chi connectivity index (χ4v) is 5.01. The smallest absolute Gasteiger partial charge is 0.304 e. The Bertz CT molecular complexity index is 986. The van der Waals surface area contributed by atoms with Gasteiger partial charge >= 0.3 is 5.97 Å². The Morgan fingerprint density at radius 3 is 2.17 bits per heavy atom. The molecule has 2 fully saturated rings. The highest BCUT2D eigenvalue weighted by molar-refractivity contribution is 6.30. The Labute approximate surface area is 221 Å². The van der Waals surface area contributed by atoms with Crippen LogP contribution in [-0.4, -0.2) is 34.4 Å². The minimum Gasteiger partial charge on any atom is -0.481 e. The zero-order valence-corrected chi connectivity index (χ0v) is 23.1. The first-order valence-electron chi connectivity index (χ1n) is 13.4. The minimum atomic E-state index is -0.810. The highest BCUT2D eigenvalue weighted by atomic mass is 35.5. The van der Waals surface area contributed by atoms with Crippen LogP contribution in [0.3, 0.4) is 0 Å². The van der Waals surface area contributed by atoms with Crippen molar-refractivity contribution in [1.29, 1.82) is 0 Å². The Morgan fingerprint density at radius 2 is 1.67 bits per heavy atom. The molecule has 198 valence electrons. The van der Waals surface area contributed by atoms with Crippen LogP contribution in [0, 0.1) is 0 Å². The van der Waals surface area contributed by atoms with Crippen LogP contribution >= 0.6 is 11.6 Å². The molecule has 0 radical (unpaired) electrons. The van der Waals surface area contributed by atoms with Gasteiger partial charge in [-0.05, 0) is 81.5 Å². The van der Waals surface area contributed by atoms with E-state index in [0.717, 1.165) is 54.9 Å². The van der Waals surface area contributed by atoms with Crippen molar-refractivity contribution in [1.82, 2.24) is 0 Å². The van der Waals surface area contributed by atoms with Gasteiger partial charge in [-0.1, -0.05) is 57.2 Å². The van der Waals surface area contributed by atoms with E-state index in [2.05, 4.69) is 29.3 Å². The normalized spacial score (nSPS) is 21.6. The van der Waals surface area contributed by atoms with Crippen LogP contribution in [0.15, 0.2) is 42.5 Å². The molecule has 5 nitrogen and oxygen atoms in total. The second-order valence-corrected chi connectivity index (χ2v) is 11.7. The van der Waals surface area contributed by atoms with Gasteiger partial charge in [0, 0.05) is 28.7 Å². The summed E-state index contributed by atoms with van der Waals surface area (Å²) in [5.74, 6) is -0.810. The van der Waals surface area contributed by atoms with E-state index in [1.54, 1.807) is 0 Å². The van der Waals surface area contributed by atoms with Gasteiger partial charge in [-0.15, -0.1) is 0 Å². The van der Waals surface area contributed by atoms with Gasteiger partial charge in [0.05, 0.1) is 23.4 Å². The number of halogens is 1. The van der Waals surface area contributed by atoms with Crippen molar-refractivity contribution in [3.8, 4) is 0 Å². The highest BCUT2D eigenvalue weighted by Crippen LogP contribution is 2.39. The van der Waals surface area contributed by atoms with Crippen LogP contribution in [0.2, 0.25) is 5.02 Å². The molecule has 0 atom stereocenters. The maximum atomic E-state index is 11.4. The number of benzene rings is 2. The lowest BCUT2D eigenvalue weighted by molar-refractivity contribution is -0.138. The number of nitrogens with one attached hydrogen (secondary N) is 1.